The molecule has 0 spiro atoms. The van der Waals surface area contributed by atoms with Crippen LogP contribution >= 0.6 is 24.0 Å². The molecule has 1 aromatic heterocycles. The van der Waals surface area contributed by atoms with Crippen LogP contribution in [0.1, 0.15) is 42.4 Å². The second-order valence-electron chi connectivity index (χ2n) is 6.45. The lowest BCUT2D eigenvalue weighted by Gasteiger charge is -2.37. The molecule has 142 valence electrons. The fourth-order valence-corrected chi connectivity index (χ4v) is 3.46. The molecule has 0 bridgehead atoms. The van der Waals surface area contributed by atoms with Gasteiger partial charge in [-0.25, -0.2) is 9.07 Å². The van der Waals surface area contributed by atoms with Crippen LogP contribution in [-0.4, -0.2) is 44.4 Å². The minimum Gasteiger partial charge on any atom is -0.333 e. The Labute approximate surface area is 162 Å². The summed E-state index contributed by atoms with van der Waals surface area (Å²) in [5, 5.41) is 8.10. The lowest BCUT2D eigenvalue weighted by atomic mass is 9.96. The molecule has 1 fully saturated rings. The number of aromatic nitrogens is 3. The molecule has 2 atom stereocenters. The van der Waals surface area contributed by atoms with E-state index >= 15 is 0 Å². The molecule has 26 heavy (non-hydrogen) atoms. The maximum Gasteiger partial charge on any atom is 0.276 e. The molecule has 0 saturated carbocycles. The predicted molar refractivity (Wildman–Crippen MR) is 101 cm³/mol. The van der Waals surface area contributed by atoms with Gasteiger partial charge < -0.3 is 10.6 Å². The van der Waals surface area contributed by atoms with E-state index in [9.17, 15) is 9.18 Å². The van der Waals surface area contributed by atoms with E-state index in [4.69, 9.17) is 17.3 Å². The number of likely N-dealkylation sites (tertiary alicyclic amines) is 1. The van der Waals surface area contributed by atoms with E-state index in [1.807, 2.05) is 6.92 Å². The van der Waals surface area contributed by atoms with Crippen LogP contribution in [0.25, 0.3) is 5.69 Å². The summed E-state index contributed by atoms with van der Waals surface area (Å²) in [4.78, 5) is 14.8. The van der Waals surface area contributed by atoms with Gasteiger partial charge in [0.2, 0.25) is 0 Å². The van der Waals surface area contributed by atoms with E-state index in [1.54, 1.807) is 17.9 Å². The maximum absolute atomic E-state index is 13.4. The summed E-state index contributed by atoms with van der Waals surface area (Å²) in [5.41, 5.74) is 7.48. The number of hydrogen-bond acceptors (Lipinski definition) is 4. The topological polar surface area (TPSA) is 77.0 Å². The Balaban J connectivity index is 0.00000243. The normalized spacial score (nSPS) is 18.3. The minimum atomic E-state index is -0.507. The first kappa shape index (κ1) is 20.6. The number of nitrogens with two attached hydrogens (primary N) is 1. The number of carbonyl (C=O) groups is 1. The van der Waals surface area contributed by atoms with E-state index in [0.29, 0.717) is 17.9 Å². The molecule has 1 aliphatic rings. The summed E-state index contributed by atoms with van der Waals surface area (Å²) < 4.78 is 14.8. The number of piperidine rings is 1. The first-order valence-corrected chi connectivity index (χ1v) is 8.72. The lowest BCUT2D eigenvalue weighted by Crippen LogP contribution is -2.51. The zero-order valence-electron chi connectivity index (χ0n) is 14.7. The standard InChI is InChI=1S/C17H21ClFN5O.ClH/c1-10(20)15-5-3-4-8-23(15)17(25)16-11(2)24(22-21-16)12-6-7-14(19)13(18)9-12;/h6-7,9-10,15H,3-5,8,20H2,1-2H3;1H. The third-order valence-corrected chi connectivity index (χ3v) is 4.95. The Bertz CT molecular complexity index is 795. The van der Waals surface area contributed by atoms with Crippen molar-refractivity contribution in [2.24, 2.45) is 5.73 Å². The molecule has 2 unspecified atom stereocenters. The Morgan fingerprint density at radius 3 is 2.81 bits per heavy atom. The molecule has 1 aromatic carbocycles. The number of benzene rings is 1. The summed E-state index contributed by atoms with van der Waals surface area (Å²) in [7, 11) is 0. The molecule has 2 N–H and O–H groups in total. The zero-order chi connectivity index (χ0) is 18.1. The van der Waals surface area contributed by atoms with Gasteiger partial charge in [0.05, 0.1) is 16.4 Å². The molecule has 1 saturated heterocycles. The molecule has 3 rings (SSSR count). The van der Waals surface area contributed by atoms with E-state index in [0.717, 1.165) is 19.3 Å². The highest BCUT2D eigenvalue weighted by molar-refractivity contribution is 6.30. The second kappa shape index (κ2) is 8.33. The fraction of sp³-hybridized carbons (Fsp3) is 0.471. The largest absolute Gasteiger partial charge is 0.333 e. The van der Waals surface area contributed by atoms with Gasteiger partial charge in [-0.1, -0.05) is 16.8 Å². The Hall–Kier alpha value is -1.70. The SMILES string of the molecule is Cc1c(C(=O)N2CCCCC2C(C)N)nnn1-c1ccc(F)c(Cl)c1.Cl. The molecule has 1 amide bonds. The molecule has 9 heteroatoms. The van der Waals surface area contributed by atoms with Gasteiger partial charge in [-0.2, -0.15) is 0 Å². The van der Waals surface area contributed by atoms with E-state index in [2.05, 4.69) is 10.3 Å². The quantitative estimate of drug-likeness (QED) is 0.856. The molecular weight excluding hydrogens is 380 g/mol. The molecule has 0 radical (unpaired) electrons. The van der Waals surface area contributed by atoms with Crippen LogP contribution in [0.4, 0.5) is 4.39 Å². The summed E-state index contributed by atoms with van der Waals surface area (Å²) in [6.45, 7) is 4.34. The van der Waals surface area contributed by atoms with Crippen LogP contribution in [0.5, 0.6) is 0 Å². The van der Waals surface area contributed by atoms with Gasteiger partial charge in [0.15, 0.2) is 5.69 Å². The Morgan fingerprint density at radius 1 is 1.42 bits per heavy atom. The van der Waals surface area contributed by atoms with Crippen molar-refractivity contribution in [2.45, 2.75) is 45.2 Å². The van der Waals surface area contributed by atoms with Crippen LogP contribution in [0.15, 0.2) is 18.2 Å². The van der Waals surface area contributed by atoms with Gasteiger partial charge in [0, 0.05) is 18.6 Å². The zero-order valence-corrected chi connectivity index (χ0v) is 16.2. The summed E-state index contributed by atoms with van der Waals surface area (Å²) >= 11 is 5.84. The van der Waals surface area contributed by atoms with Crippen molar-refractivity contribution in [3.63, 3.8) is 0 Å². The van der Waals surface area contributed by atoms with Gasteiger partial charge >= 0.3 is 0 Å². The van der Waals surface area contributed by atoms with Crippen LogP contribution in [0, 0.1) is 12.7 Å². The summed E-state index contributed by atoms with van der Waals surface area (Å²) in [6.07, 6.45) is 2.91. The Kier molecular flexibility index (Phi) is 6.60. The smallest absolute Gasteiger partial charge is 0.276 e. The van der Waals surface area contributed by atoms with Crippen molar-refractivity contribution in [2.75, 3.05) is 6.54 Å². The van der Waals surface area contributed by atoms with Crippen LogP contribution in [0.2, 0.25) is 5.02 Å². The first-order valence-electron chi connectivity index (χ1n) is 8.34. The molecule has 2 aromatic rings. The third-order valence-electron chi connectivity index (χ3n) is 4.66. The highest BCUT2D eigenvalue weighted by Crippen LogP contribution is 2.24. The van der Waals surface area contributed by atoms with Crippen LogP contribution in [0.3, 0.4) is 0 Å². The molecule has 0 aliphatic carbocycles. The van der Waals surface area contributed by atoms with Crippen molar-refractivity contribution in [1.29, 1.82) is 0 Å². The van der Waals surface area contributed by atoms with Crippen molar-refractivity contribution < 1.29 is 9.18 Å². The number of halogens is 3. The molecule has 2 heterocycles. The van der Waals surface area contributed by atoms with Crippen molar-refractivity contribution in [1.82, 2.24) is 19.9 Å². The van der Waals surface area contributed by atoms with Crippen molar-refractivity contribution >= 4 is 29.9 Å². The predicted octanol–water partition coefficient (Wildman–Crippen LogP) is 3.13. The molecular formula is C17H22Cl2FN5O. The number of carbonyl (C=O) groups excluding carboxylic acids is 1. The highest BCUT2D eigenvalue weighted by Gasteiger charge is 2.32. The average Bonchev–Trinajstić information content (AvgIpc) is 2.98. The number of nitrogens with zero attached hydrogens (tertiary/aromatic N) is 4. The minimum absolute atomic E-state index is 0. The number of rotatable bonds is 3. The maximum atomic E-state index is 13.4. The Morgan fingerprint density at radius 2 is 2.15 bits per heavy atom. The third kappa shape index (κ3) is 3.84. The van der Waals surface area contributed by atoms with Gasteiger partial charge in [-0.15, -0.1) is 17.5 Å². The highest BCUT2D eigenvalue weighted by atomic mass is 35.5. The lowest BCUT2D eigenvalue weighted by molar-refractivity contribution is 0.0577. The van der Waals surface area contributed by atoms with Gasteiger partial charge in [-0.05, 0) is 51.3 Å². The number of hydrogen-bond donors (Lipinski definition) is 1. The van der Waals surface area contributed by atoms with E-state index in [-0.39, 0.29) is 41.1 Å². The number of amides is 1. The van der Waals surface area contributed by atoms with Gasteiger partial charge in [0.25, 0.3) is 5.91 Å². The first-order chi connectivity index (χ1) is 11.9. The second-order valence-corrected chi connectivity index (χ2v) is 6.86. The van der Waals surface area contributed by atoms with Crippen LogP contribution in [-0.2, 0) is 0 Å². The molecule has 1 aliphatic heterocycles. The van der Waals surface area contributed by atoms with Crippen LogP contribution < -0.4 is 5.73 Å². The summed E-state index contributed by atoms with van der Waals surface area (Å²) in [5.74, 6) is -0.675. The fourth-order valence-electron chi connectivity index (χ4n) is 3.28. The van der Waals surface area contributed by atoms with Gasteiger partial charge in [-0.3, -0.25) is 4.79 Å². The van der Waals surface area contributed by atoms with E-state index in [1.165, 1.54) is 16.8 Å². The monoisotopic (exact) mass is 401 g/mol. The van der Waals surface area contributed by atoms with Crippen molar-refractivity contribution in [3.05, 3.63) is 40.4 Å². The van der Waals surface area contributed by atoms with Gasteiger partial charge in [0.1, 0.15) is 5.82 Å². The summed E-state index contributed by atoms with van der Waals surface area (Å²) in [6, 6.07) is 4.17. The van der Waals surface area contributed by atoms with Crippen molar-refractivity contribution in [3.8, 4) is 5.69 Å². The van der Waals surface area contributed by atoms with E-state index < -0.39 is 5.82 Å². The average molecular weight is 402 g/mol. The molecule has 6 nitrogen and oxygen atoms in total.